The molecule has 2 fully saturated rings. The van der Waals surface area contributed by atoms with Gasteiger partial charge in [0.1, 0.15) is 0 Å². The number of amides is 1. The minimum absolute atomic E-state index is 0.205. The molecular formula is C14H26N2O. The lowest BCUT2D eigenvalue weighted by atomic mass is 9.90. The number of fused-ring (bicyclic) bond motifs is 1. The first-order chi connectivity index (χ1) is 8.15. The number of carbonyl (C=O) groups excluding carboxylic acids is 1. The molecule has 3 heteroatoms. The third-order valence-electron chi connectivity index (χ3n) is 4.82. The Kier molecular flexibility index (Phi) is 4.08. The maximum atomic E-state index is 12.4. The van der Waals surface area contributed by atoms with Gasteiger partial charge in [-0.1, -0.05) is 26.7 Å². The Labute approximate surface area is 105 Å². The molecule has 2 N–H and O–H groups in total. The molecule has 0 spiro atoms. The average Bonchev–Trinajstić information content (AvgIpc) is 2.83. The van der Waals surface area contributed by atoms with Gasteiger partial charge >= 0.3 is 0 Å². The summed E-state index contributed by atoms with van der Waals surface area (Å²) in [6.07, 6.45) is 7.26. The highest BCUT2D eigenvalue weighted by atomic mass is 16.2. The lowest BCUT2D eigenvalue weighted by Gasteiger charge is -2.39. The fourth-order valence-electron chi connectivity index (χ4n) is 3.42. The predicted molar refractivity (Wildman–Crippen MR) is 69.5 cm³/mol. The first-order valence-corrected chi connectivity index (χ1v) is 7.21. The minimum atomic E-state index is -0.292. The number of nitrogens with two attached hydrogens (primary N) is 1. The second kappa shape index (κ2) is 5.38. The van der Waals surface area contributed by atoms with Gasteiger partial charge in [-0.2, -0.15) is 0 Å². The summed E-state index contributed by atoms with van der Waals surface area (Å²) in [6.45, 7) is 5.12. The summed E-state index contributed by atoms with van der Waals surface area (Å²) < 4.78 is 0. The van der Waals surface area contributed by atoms with E-state index in [9.17, 15) is 4.79 Å². The molecule has 1 aliphatic heterocycles. The van der Waals surface area contributed by atoms with Crippen LogP contribution in [0.4, 0.5) is 0 Å². The molecule has 17 heavy (non-hydrogen) atoms. The van der Waals surface area contributed by atoms with Crippen LogP contribution in [0.3, 0.4) is 0 Å². The molecule has 1 aliphatic carbocycles. The van der Waals surface area contributed by atoms with E-state index in [4.69, 9.17) is 5.73 Å². The van der Waals surface area contributed by atoms with E-state index in [0.29, 0.717) is 12.0 Å². The molecule has 0 aromatic carbocycles. The van der Waals surface area contributed by atoms with E-state index >= 15 is 0 Å². The number of hydrogen-bond acceptors (Lipinski definition) is 2. The summed E-state index contributed by atoms with van der Waals surface area (Å²) in [5, 5.41) is 0. The van der Waals surface area contributed by atoms with Crippen LogP contribution in [-0.4, -0.2) is 29.4 Å². The third kappa shape index (κ3) is 2.49. The topological polar surface area (TPSA) is 46.3 Å². The maximum absolute atomic E-state index is 12.4. The summed E-state index contributed by atoms with van der Waals surface area (Å²) in [6, 6.07) is 0.214. The number of nitrogens with zero attached hydrogens (tertiary/aromatic N) is 1. The number of rotatable bonds is 3. The Bertz CT molecular complexity index is 279. The third-order valence-corrected chi connectivity index (χ3v) is 4.82. The molecule has 4 atom stereocenters. The van der Waals surface area contributed by atoms with Crippen LogP contribution in [0.25, 0.3) is 0 Å². The molecule has 1 amide bonds. The van der Waals surface area contributed by atoms with Crippen molar-refractivity contribution in [3.05, 3.63) is 0 Å². The molecule has 3 unspecified atom stereocenters. The van der Waals surface area contributed by atoms with E-state index in [1.54, 1.807) is 0 Å². The Balaban J connectivity index is 2.02. The lowest BCUT2D eigenvalue weighted by Crippen LogP contribution is -2.54. The lowest BCUT2D eigenvalue weighted by molar-refractivity contribution is -0.138. The Morgan fingerprint density at radius 3 is 2.76 bits per heavy atom. The highest BCUT2D eigenvalue weighted by Gasteiger charge is 2.39. The molecule has 0 radical (unpaired) electrons. The number of piperidine rings is 1. The zero-order valence-corrected chi connectivity index (χ0v) is 11.2. The minimum Gasteiger partial charge on any atom is -0.338 e. The largest absolute Gasteiger partial charge is 0.338 e. The van der Waals surface area contributed by atoms with Gasteiger partial charge in [-0.25, -0.2) is 0 Å². The van der Waals surface area contributed by atoms with Crippen LogP contribution >= 0.6 is 0 Å². The SMILES string of the molecule is CCC(C)[C@H](N)C(=O)N1CCCC2CCCC21. The van der Waals surface area contributed by atoms with Crippen molar-refractivity contribution in [3.63, 3.8) is 0 Å². The van der Waals surface area contributed by atoms with Gasteiger partial charge in [0.2, 0.25) is 5.91 Å². The van der Waals surface area contributed by atoms with Gasteiger partial charge < -0.3 is 10.6 Å². The summed E-state index contributed by atoms with van der Waals surface area (Å²) in [4.78, 5) is 14.6. The molecule has 98 valence electrons. The number of carbonyl (C=O) groups is 1. The van der Waals surface area contributed by atoms with Gasteiger partial charge in [0.05, 0.1) is 6.04 Å². The van der Waals surface area contributed by atoms with Crippen LogP contribution in [0.2, 0.25) is 0 Å². The van der Waals surface area contributed by atoms with Gasteiger partial charge in [-0.3, -0.25) is 4.79 Å². The summed E-state index contributed by atoms with van der Waals surface area (Å²) in [7, 11) is 0. The van der Waals surface area contributed by atoms with Crippen molar-refractivity contribution in [1.82, 2.24) is 4.90 Å². The van der Waals surface area contributed by atoms with Gasteiger partial charge in [0.25, 0.3) is 0 Å². The molecule has 1 saturated heterocycles. The Morgan fingerprint density at radius 1 is 1.35 bits per heavy atom. The smallest absolute Gasteiger partial charge is 0.240 e. The zero-order valence-electron chi connectivity index (χ0n) is 11.2. The molecule has 0 aromatic heterocycles. The van der Waals surface area contributed by atoms with Crippen LogP contribution in [0.1, 0.15) is 52.4 Å². The van der Waals surface area contributed by atoms with Gasteiger partial charge in [0, 0.05) is 12.6 Å². The summed E-state index contributed by atoms with van der Waals surface area (Å²) >= 11 is 0. The zero-order chi connectivity index (χ0) is 12.4. The van der Waals surface area contributed by atoms with E-state index in [-0.39, 0.29) is 11.9 Å². The first kappa shape index (κ1) is 12.9. The molecule has 2 aliphatic rings. The average molecular weight is 238 g/mol. The molecule has 0 bridgehead atoms. The molecule has 3 nitrogen and oxygen atoms in total. The van der Waals surface area contributed by atoms with Gasteiger partial charge in [-0.05, 0) is 37.5 Å². The van der Waals surface area contributed by atoms with Crippen LogP contribution in [0, 0.1) is 11.8 Å². The van der Waals surface area contributed by atoms with Gasteiger partial charge in [-0.15, -0.1) is 0 Å². The second-order valence-electron chi connectivity index (χ2n) is 5.84. The van der Waals surface area contributed by atoms with Crippen molar-refractivity contribution in [1.29, 1.82) is 0 Å². The van der Waals surface area contributed by atoms with E-state index in [1.807, 2.05) is 0 Å². The first-order valence-electron chi connectivity index (χ1n) is 7.21. The quantitative estimate of drug-likeness (QED) is 0.819. The Morgan fingerprint density at radius 2 is 2.06 bits per heavy atom. The van der Waals surface area contributed by atoms with Crippen LogP contribution in [0.5, 0.6) is 0 Å². The summed E-state index contributed by atoms with van der Waals surface area (Å²) in [5.74, 6) is 1.26. The number of likely N-dealkylation sites (tertiary alicyclic amines) is 1. The fourth-order valence-corrected chi connectivity index (χ4v) is 3.42. The maximum Gasteiger partial charge on any atom is 0.240 e. The van der Waals surface area contributed by atoms with Crippen molar-refractivity contribution < 1.29 is 4.79 Å². The molecule has 0 aromatic rings. The van der Waals surface area contributed by atoms with Gasteiger partial charge in [0.15, 0.2) is 0 Å². The monoisotopic (exact) mass is 238 g/mol. The molecule has 2 rings (SSSR count). The Hall–Kier alpha value is -0.570. The van der Waals surface area contributed by atoms with Crippen molar-refractivity contribution in [2.75, 3.05) is 6.54 Å². The standard InChI is InChI=1S/C14H26N2O/c1-3-10(2)13(15)14(17)16-9-5-7-11-6-4-8-12(11)16/h10-13H,3-9,15H2,1-2H3/t10?,11?,12?,13-/m0/s1. The van der Waals surface area contributed by atoms with Crippen LogP contribution in [0.15, 0.2) is 0 Å². The molecule has 1 saturated carbocycles. The van der Waals surface area contributed by atoms with Crippen LogP contribution < -0.4 is 5.73 Å². The normalized spacial score (nSPS) is 32.1. The van der Waals surface area contributed by atoms with Crippen molar-refractivity contribution in [2.24, 2.45) is 17.6 Å². The molecular weight excluding hydrogens is 212 g/mol. The van der Waals surface area contributed by atoms with Crippen LogP contribution in [-0.2, 0) is 4.79 Å². The van der Waals surface area contributed by atoms with E-state index in [0.717, 1.165) is 18.9 Å². The van der Waals surface area contributed by atoms with Crippen molar-refractivity contribution in [3.8, 4) is 0 Å². The summed E-state index contributed by atoms with van der Waals surface area (Å²) in [5.41, 5.74) is 6.09. The van der Waals surface area contributed by atoms with Crippen molar-refractivity contribution >= 4 is 5.91 Å². The van der Waals surface area contributed by atoms with Crippen molar-refractivity contribution in [2.45, 2.75) is 64.5 Å². The second-order valence-corrected chi connectivity index (χ2v) is 5.84. The highest BCUT2D eigenvalue weighted by Crippen LogP contribution is 2.37. The number of hydrogen-bond donors (Lipinski definition) is 1. The van der Waals surface area contributed by atoms with E-state index in [1.165, 1.54) is 32.1 Å². The molecule has 1 heterocycles. The predicted octanol–water partition coefficient (Wildman–Crippen LogP) is 2.15. The fraction of sp³-hybridized carbons (Fsp3) is 0.929. The van der Waals surface area contributed by atoms with E-state index in [2.05, 4.69) is 18.7 Å². The van der Waals surface area contributed by atoms with E-state index < -0.39 is 0 Å². The highest BCUT2D eigenvalue weighted by molar-refractivity contribution is 5.82.